The molecule has 4 nitrogen and oxygen atoms in total. The molecular formula is C22H18BrN3OS. The molecule has 0 bridgehead atoms. The molecule has 4 aromatic rings. The summed E-state index contributed by atoms with van der Waals surface area (Å²) in [5.41, 5.74) is 4.18. The maximum absolute atomic E-state index is 9.97. The zero-order valence-electron chi connectivity index (χ0n) is 15.2. The van der Waals surface area contributed by atoms with Crippen LogP contribution in [0, 0.1) is 6.92 Å². The number of phenolic OH excluding ortho intramolecular Hbond substituents is 1. The van der Waals surface area contributed by atoms with Crippen molar-refractivity contribution in [1.82, 2.24) is 4.57 Å². The topological polar surface area (TPSA) is 49.9 Å². The van der Waals surface area contributed by atoms with Crippen LogP contribution in [0.4, 0.5) is 0 Å². The molecular weight excluding hydrogens is 434 g/mol. The fourth-order valence-electron chi connectivity index (χ4n) is 2.95. The average Bonchev–Trinajstić information content (AvgIpc) is 3.02. The summed E-state index contributed by atoms with van der Waals surface area (Å²) in [6.45, 7) is 2.81. The van der Waals surface area contributed by atoms with Gasteiger partial charge in [-0.1, -0.05) is 63.7 Å². The van der Waals surface area contributed by atoms with Crippen LogP contribution < -0.4 is 4.80 Å². The van der Waals surface area contributed by atoms with Gasteiger partial charge in [0.25, 0.3) is 0 Å². The number of benzene rings is 3. The van der Waals surface area contributed by atoms with E-state index in [0.717, 1.165) is 21.3 Å². The van der Waals surface area contributed by atoms with Crippen LogP contribution in [0.15, 0.2) is 81.4 Å². The molecule has 0 spiro atoms. The number of fused-ring (bicyclic) bond motifs is 1. The van der Waals surface area contributed by atoms with Crippen LogP contribution in [-0.2, 0) is 6.54 Å². The number of hydrogen-bond donors (Lipinski definition) is 1. The number of aromatic nitrogens is 1. The highest BCUT2D eigenvalue weighted by atomic mass is 79.9. The largest absolute Gasteiger partial charge is 0.507 e. The molecule has 3 aromatic carbocycles. The zero-order valence-corrected chi connectivity index (χ0v) is 17.6. The maximum atomic E-state index is 9.97. The number of aryl methyl sites for hydroxylation is 1. The average molecular weight is 452 g/mol. The van der Waals surface area contributed by atoms with Crippen molar-refractivity contribution in [1.29, 1.82) is 0 Å². The second kappa shape index (κ2) is 8.12. The molecule has 0 radical (unpaired) electrons. The van der Waals surface area contributed by atoms with Gasteiger partial charge in [0.15, 0.2) is 0 Å². The van der Waals surface area contributed by atoms with E-state index in [1.54, 1.807) is 35.8 Å². The van der Waals surface area contributed by atoms with Gasteiger partial charge in [-0.25, -0.2) is 0 Å². The Labute approximate surface area is 175 Å². The van der Waals surface area contributed by atoms with E-state index in [2.05, 4.69) is 68.0 Å². The molecule has 0 aliphatic carbocycles. The van der Waals surface area contributed by atoms with Gasteiger partial charge in [-0.3, -0.25) is 0 Å². The van der Waals surface area contributed by atoms with Gasteiger partial charge in [0, 0.05) is 10.0 Å². The zero-order chi connectivity index (χ0) is 19.5. The Kier molecular flexibility index (Phi) is 5.41. The van der Waals surface area contributed by atoms with Gasteiger partial charge < -0.3 is 9.67 Å². The minimum atomic E-state index is 0.172. The predicted molar refractivity (Wildman–Crippen MR) is 119 cm³/mol. The van der Waals surface area contributed by atoms with E-state index in [1.807, 2.05) is 18.2 Å². The van der Waals surface area contributed by atoms with Gasteiger partial charge >= 0.3 is 0 Å². The minimum Gasteiger partial charge on any atom is -0.507 e. The smallest absolute Gasteiger partial charge is 0.211 e. The summed E-state index contributed by atoms with van der Waals surface area (Å²) in [5.74, 6) is 0.172. The molecule has 6 heteroatoms. The van der Waals surface area contributed by atoms with E-state index >= 15 is 0 Å². The van der Waals surface area contributed by atoms with Crippen LogP contribution in [0.2, 0.25) is 0 Å². The number of aromatic hydroxyl groups is 1. The number of thiazole rings is 1. The van der Waals surface area contributed by atoms with Gasteiger partial charge in [0.1, 0.15) is 5.75 Å². The molecule has 0 amide bonds. The first-order chi connectivity index (χ1) is 13.6. The fraction of sp³-hybridized carbons (Fsp3) is 0.0909. The van der Waals surface area contributed by atoms with Gasteiger partial charge in [-0.05, 0) is 48.4 Å². The molecule has 0 fully saturated rings. The lowest BCUT2D eigenvalue weighted by atomic mass is 10.2. The summed E-state index contributed by atoms with van der Waals surface area (Å²) in [4.78, 5) is 0.815. The first kappa shape index (κ1) is 18.7. The van der Waals surface area contributed by atoms with Crippen molar-refractivity contribution in [3.8, 4) is 5.75 Å². The minimum absolute atomic E-state index is 0.172. The molecule has 1 aromatic heterocycles. The molecule has 0 aliphatic rings. The van der Waals surface area contributed by atoms with Gasteiger partial charge in [0.05, 0.1) is 23.0 Å². The lowest BCUT2D eigenvalue weighted by Crippen LogP contribution is -2.15. The molecule has 0 atom stereocenters. The van der Waals surface area contributed by atoms with E-state index in [1.165, 1.54) is 15.8 Å². The summed E-state index contributed by atoms with van der Waals surface area (Å²) in [5, 5.41) is 18.7. The van der Waals surface area contributed by atoms with E-state index in [0.29, 0.717) is 5.56 Å². The monoisotopic (exact) mass is 451 g/mol. The normalized spacial score (nSPS) is 12.3. The maximum Gasteiger partial charge on any atom is 0.211 e. The van der Waals surface area contributed by atoms with Crippen LogP contribution in [0.25, 0.3) is 10.2 Å². The van der Waals surface area contributed by atoms with Crippen LogP contribution in [0.5, 0.6) is 5.75 Å². The van der Waals surface area contributed by atoms with Gasteiger partial charge in [-0.15, -0.1) is 5.10 Å². The highest BCUT2D eigenvalue weighted by Gasteiger charge is 2.07. The number of phenols is 1. The summed E-state index contributed by atoms with van der Waals surface area (Å²) in [6.07, 6.45) is 1.57. The number of hydrogen-bond acceptors (Lipinski definition) is 4. The van der Waals surface area contributed by atoms with Gasteiger partial charge in [-0.2, -0.15) is 5.10 Å². The first-order valence-electron chi connectivity index (χ1n) is 8.80. The van der Waals surface area contributed by atoms with Crippen LogP contribution in [-0.4, -0.2) is 15.9 Å². The third-order valence-corrected chi connectivity index (χ3v) is 5.88. The molecule has 1 N–H and O–H groups in total. The van der Waals surface area contributed by atoms with Crippen molar-refractivity contribution in [3.63, 3.8) is 0 Å². The highest BCUT2D eigenvalue weighted by molar-refractivity contribution is 9.10. The second-order valence-corrected chi connectivity index (χ2v) is 8.40. The number of rotatable bonds is 4. The van der Waals surface area contributed by atoms with E-state index in [4.69, 9.17) is 0 Å². The third-order valence-electron chi connectivity index (χ3n) is 4.35. The molecule has 0 saturated carbocycles. The van der Waals surface area contributed by atoms with E-state index in [-0.39, 0.29) is 5.75 Å². The van der Waals surface area contributed by atoms with Gasteiger partial charge in [0.2, 0.25) is 4.80 Å². The first-order valence-corrected chi connectivity index (χ1v) is 10.4. The fourth-order valence-corrected chi connectivity index (χ4v) is 4.41. The summed E-state index contributed by atoms with van der Waals surface area (Å²) in [6, 6.07) is 22.0. The lowest BCUT2D eigenvalue weighted by Gasteiger charge is -2.05. The van der Waals surface area contributed by atoms with Crippen LogP contribution in [0.3, 0.4) is 0 Å². The Morgan fingerprint density at radius 3 is 2.71 bits per heavy atom. The van der Waals surface area contributed by atoms with Crippen molar-refractivity contribution in [2.24, 2.45) is 10.2 Å². The van der Waals surface area contributed by atoms with Crippen LogP contribution in [0.1, 0.15) is 16.7 Å². The van der Waals surface area contributed by atoms with Crippen molar-refractivity contribution in [2.45, 2.75) is 13.5 Å². The van der Waals surface area contributed by atoms with E-state index in [9.17, 15) is 5.11 Å². The predicted octanol–water partition coefficient (Wildman–Crippen LogP) is 5.46. The molecule has 4 rings (SSSR count). The summed E-state index contributed by atoms with van der Waals surface area (Å²) in [7, 11) is 0. The Morgan fingerprint density at radius 1 is 1.07 bits per heavy atom. The molecule has 0 aliphatic heterocycles. The summed E-state index contributed by atoms with van der Waals surface area (Å²) < 4.78 is 4.23. The Balaban J connectivity index is 1.78. The van der Waals surface area contributed by atoms with Crippen molar-refractivity contribution in [3.05, 3.63) is 92.7 Å². The standard InChI is InChI=1S/C22H18BrN3OS/c1-15-7-9-19-21(11-15)28-22(26(19)14-16-5-3-2-4-6-16)25-24-13-17-12-18(23)8-10-20(17)27/h2-13,27H,14H2,1H3. The molecule has 1 heterocycles. The molecule has 0 saturated heterocycles. The molecule has 28 heavy (non-hydrogen) atoms. The van der Waals surface area contributed by atoms with Crippen molar-refractivity contribution in [2.75, 3.05) is 0 Å². The SMILES string of the molecule is Cc1ccc2c(c1)sc(=NN=Cc1cc(Br)ccc1O)n2Cc1ccccc1. The Morgan fingerprint density at radius 2 is 1.89 bits per heavy atom. The van der Waals surface area contributed by atoms with Crippen molar-refractivity contribution < 1.29 is 5.11 Å². The molecule has 0 unspecified atom stereocenters. The van der Waals surface area contributed by atoms with E-state index < -0.39 is 0 Å². The molecule has 140 valence electrons. The Bertz CT molecular complexity index is 1230. The van der Waals surface area contributed by atoms with Crippen molar-refractivity contribution >= 4 is 43.7 Å². The number of nitrogens with zero attached hydrogens (tertiary/aromatic N) is 3. The second-order valence-electron chi connectivity index (χ2n) is 6.48. The number of halogens is 1. The third kappa shape index (κ3) is 4.08. The highest BCUT2D eigenvalue weighted by Crippen LogP contribution is 2.21. The Hall–Kier alpha value is -2.70. The lowest BCUT2D eigenvalue weighted by molar-refractivity contribution is 0.474. The van der Waals surface area contributed by atoms with Crippen LogP contribution >= 0.6 is 27.3 Å². The summed E-state index contributed by atoms with van der Waals surface area (Å²) >= 11 is 5.02. The quantitative estimate of drug-likeness (QED) is 0.324.